The Morgan fingerprint density at radius 1 is 0.875 bits per heavy atom. The molecule has 3 atom stereocenters. The minimum absolute atomic E-state index is 0.0180. The molecule has 0 unspecified atom stereocenters. The predicted octanol–water partition coefficient (Wildman–Crippen LogP) is 4.20. The molecule has 0 aliphatic carbocycles. The molecule has 5 N–H and O–H groups in total. The Labute approximate surface area is 280 Å². The number of hydrogen-bond donors (Lipinski definition) is 4. The Hall–Kier alpha value is -4.75. The maximum atomic E-state index is 14.0. The molecule has 252 valence electrons. The number of anilines is 1. The normalized spacial score (nSPS) is 16.9. The molecule has 0 aromatic heterocycles. The number of hydrogen-bond acceptors (Lipinski definition) is 8. The van der Waals surface area contributed by atoms with Gasteiger partial charge in [-0.05, 0) is 59.9 Å². The number of carbonyl (C=O) groups excluding carboxylic acids is 2. The van der Waals surface area contributed by atoms with Gasteiger partial charge in [-0.3, -0.25) is 4.79 Å². The van der Waals surface area contributed by atoms with Gasteiger partial charge in [-0.1, -0.05) is 78.9 Å². The summed E-state index contributed by atoms with van der Waals surface area (Å²) >= 11 is 0. The summed E-state index contributed by atoms with van der Waals surface area (Å²) in [5, 5.41) is 14.4. The molecule has 0 radical (unpaired) electrons. The fraction of sp³-hybridized carbons (Fsp3) is 0.278. The highest BCUT2D eigenvalue weighted by Crippen LogP contribution is 2.30. The van der Waals surface area contributed by atoms with E-state index in [4.69, 9.17) is 19.3 Å². The van der Waals surface area contributed by atoms with Crippen molar-refractivity contribution in [3.63, 3.8) is 0 Å². The molecule has 1 fully saturated rings. The third-order valence-corrected chi connectivity index (χ3v) is 9.05. The Kier molecular flexibility index (Phi) is 11.8. The maximum Gasteiger partial charge on any atom is 0.407 e. The van der Waals surface area contributed by atoms with Crippen LogP contribution in [0.2, 0.25) is 0 Å². The number of ether oxygens (including phenoxy) is 3. The van der Waals surface area contributed by atoms with E-state index < -0.39 is 28.1 Å². The standard InChI is InChI=1S/C36H40N4O7S/c1-45-36(42)40-34(33(26-11-4-2-5-12-26)27-13-6-3-7-14-27)35(41)39-32-15-9-8-10-25(32)16-17-29-22-38-23-30(47-29)24-46-28-18-20-31(21-19-28)48(37,43)44/h2-15,18-21,29-30,33-34,38H,16-17,22-24H2,1H3,(H,39,41)(H,40,42)(H2,37,43,44)/t29-,30+,34+/m1/s1. The van der Waals surface area contributed by atoms with Gasteiger partial charge in [0.25, 0.3) is 0 Å². The number of benzene rings is 4. The number of methoxy groups -OCH3 is 1. The van der Waals surface area contributed by atoms with Gasteiger partial charge in [0.15, 0.2) is 0 Å². The third kappa shape index (κ3) is 9.41. The molecule has 2 amide bonds. The van der Waals surface area contributed by atoms with E-state index in [0.717, 1.165) is 16.7 Å². The van der Waals surface area contributed by atoms with Crippen molar-refractivity contribution in [3.8, 4) is 5.75 Å². The number of primary sulfonamides is 1. The fourth-order valence-corrected chi connectivity index (χ4v) is 6.24. The molecule has 12 heteroatoms. The molecule has 4 aromatic carbocycles. The molecular weight excluding hydrogens is 632 g/mol. The van der Waals surface area contributed by atoms with Crippen LogP contribution in [0.1, 0.15) is 29.0 Å². The minimum Gasteiger partial charge on any atom is -0.491 e. The van der Waals surface area contributed by atoms with Crippen LogP contribution >= 0.6 is 0 Å². The first-order valence-electron chi connectivity index (χ1n) is 15.7. The molecule has 0 bridgehead atoms. The lowest BCUT2D eigenvalue weighted by molar-refractivity contribution is -0.118. The average molecular weight is 673 g/mol. The Morgan fingerprint density at radius 3 is 2.10 bits per heavy atom. The van der Waals surface area contributed by atoms with Gasteiger partial charge in [-0.25, -0.2) is 18.4 Å². The second-order valence-corrected chi connectivity index (χ2v) is 13.0. The summed E-state index contributed by atoms with van der Waals surface area (Å²) in [7, 11) is -2.50. The highest BCUT2D eigenvalue weighted by molar-refractivity contribution is 7.89. The van der Waals surface area contributed by atoms with Crippen molar-refractivity contribution in [3.05, 3.63) is 126 Å². The summed E-state index contributed by atoms with van der Waals surface area (Å²) in [5.41, 5.74) is 3.31. The lowest BCUT2D eigenvalue weighted by Gasteiger charge is -2.31. The van der Waals surface area contributed by atoms with E-state index in [1.807, 2.05) is 84.9 Å². The highest BCUT2D eigenvalue weighted by atomic mass is 32.2. The topological polar surface area (TPSA) is 158 Å². The average Bonchev–Trinajstić information content (AvgIpc) is 3.11. The number of carbonyl (C=O) groups is 2. The van der Waals surface area contributed by atoms with E-state index in [0.29, 0.717) is 37.4 Å². The maximum absolute atomic E-state index is 14.0. The van der Waals surface area contributed by atoms with Gasteiger partial charge >= 0.3 is 6.09 Å². The smallest absolute Gasteiger partial charge is 0.407 e. The van der Waals surface area contributed by atoms with Crippen molar-refractivity contribution in [2.45, 2.75) is 41.9 Å². The lowest BCUT2D eigenvalue weighted by Crippen LogP contribution is -2.48. The summed E-state index contributed by atoms with van der Waals surface area (Å²) in [6, 6.07) is 31.7. The van der Waals surface area contributed by atoms with E-state index in [-0.39, 0.29) is 29.6 Å². The number of alkyl carbamates (subject to hydrolysis) is 1. The zero-order chi connectivity index (χ0) is 33.9. The number of morpholine rings is 1. The van der Waals surface area contributed by atoms with Crippen molar-refractivity contribution in [2.24, 2.45) is 5.14 Å². The van der Waals surface area contributed by atoms with E-state index >= 15 is 0 Å². The molecule has 1 aliphatic heterocycles. The largest absolute Gasteiger partial charge is 0.491 e. The summed E-state index contributed by atoms with van der Waals surface area (Å²) in [5.74, 6) is -0.346. The first kappa shape index (κ1) is 34.6. The summed E-state index contributed by atoms with van der Waals surface area (Å²) in [6.45, 7) is 1.55. The first-order valence-corrected chi connectivity index (χ1v) is 17.2. The zero-order valence-electron chi connectivity index (χ0n) is 26.6. The number of para-hydroxylation sites is 1. The summed E-state index contributed by atoms with van der Waals surface area (Å²) in [6.07, 6.45) is 0.285. The SMILES string of the molecule is COC(=O)N[C@H](C(=O)Nc1ccccc1CC[C@@H]1CNC[C@@H](COc2ccc(S(N)(=O)=O)cc2)O1)C(c1ccccc1)c1ccccc1. The summed E-state index contributed by atoms with van der Waals surface area (Å²) < 4.78 is 40.1. The van der Waals surface area contributed by atoms with Crippen molar-refractivity contribution < 1.29 is 32.2 Å². The Bertz CT molecular complexity index is 1720. The number of amides is 2. The minimum atomic E-state index is -3.77. The molecule has 0 spiro atoms. The van der Waals surface area contributed by atoms with Crippen LogP contribution in [0.4, 0.5) is 10.5 Å². The quantitative estimate of drug-likeness (QED) is 0.165. The molecule has 1 aliphatic rings. The van der Waals surface area contributed by atoms with Gasteiger partial charge in [0.2, 0.25) is 15.9 Å². The molecule has 4 aromatic rings. The van der Waals surface area contributed by atoms with E-state index in [1.54, 1.807) is 12.1 Å². The van der Waals surface area contributed by atoms with E-state index in [9.17, 15) is 18.0 Å². The van der Waals surface area contributed by atoms with Crippen LogP contribution in [0.5, 0.6) is 5.75 Å². The van der Waals surface area contributed by atoms with Crippen LogP contribution in [-0.4, -0.2) is 65.5 Å². The molecule has 48 heavy (non-hydrogen) atoms. The van der Waals surface area contributed by atoms with Crippen molar-refractivity contribution in [1.29, 1.82) is 0 Å². The van der Waals surface area contributed by atoms with Gasteiger partial charge in [-0.2, -0.15) is 0 Å². The molecular formula is C36H40N4O7S. The number of nitrogens with one attached hydrogen (secondary N) is 3. The van der Waals surface area contributed by atoms with E-state index in [2.05, 4.69) is 16.0 Å². The van der Waals surface area contributed by atoms with Crippen LogP contribution in [0.25, 0.3) is 0 Å². The first-order chi connectivity index (χ1) is 23.2. The monoisotopic (exact) mass is 672 g/mol. The molecule has 11 nitrogen and oxygen atoms in total. The van der Waals surface area contributed by atoms with Gasteiger partial charge in [0.1, 0.15) is 24.5 Å². The third-order valence-electron chi connectivity index (χ3n) is 8.12. The molecule has 1 saturated heterocycles. The number of sulfonamides is 1. The number of nitrogens with two attached hydrogens (primary N) is 1. The predicted molar refractivity (Wildman–Crippen MR) is 182 cm³/mol. The van der Waals surface area contributed by atoms with Crippen molar-refractivity contribution in [2.75, 3.05) is 32.1 Å². The van der Waals surface area contributed by atoms with Crippen LogP contribution in [0.3, 0.4) is 0 Å². The second kappa shape index (κ2) is 16.4. The molecule has 0 saturated carbocycles. The van der Waals surface area contributed by atoms with Gasteiger partial charge in [-0.15, -0.1) is 0 Å². The van der Waals surface area contributed by atoms with Gasteiger partial charge < -0.3 is 30.2 Å². The fourth-order valence-electron chi connectivity index (χ4n) is 5.73. The van der Waals surface area contributed by atoms with Crippen LogP contribution in [0, 0.1) is 0 Å². The molecule has 5 rings (SSSR count). The highest BCUT2D eigenvalue weighted by Gasteiger charge is 2.33. The summed E-state index contributed by atoms with van der Waals surface area (Å²) in [4.78, 5) is 26.6. The Balaban J connectivity index is 1.25. The van der Waals surface area contributed by atoms with Crippen LogP contribution in [0.15, 0.2) is 114 Å². The van der Waals surface area contributed by atoms with Gasteiger partial charge in [0, 0.05) is 24.7 Å². The number of rotatable bonds is 13. The second-order valence-electron chi connectivity index (χ2n) is 11.5. The van der Waals surface area contributed by atoms with Gasteiger partial charge in [0.05, 0.1) is 18.1 Å². The van der Waals surface area contributed by atoms with Crippen molar-refractivity contribution in [1.82, 2.24) is 10.6 Å². The van der Waals surface area contributed by atoms with Crippen LogP contribution in [-0.2, 0) is 30.7 Å². The van der Waals surface area contributed by atoms with E-state index in [1.165, 1.54) is 19.2 Å². The lowest BCUT2D eigenvalue weighted by atomic mass is 9.84. The molecule has 1 heterocycles. The van der Waals surface area contributed by atoms with Crippen LogP contribution < -0.4 is 25.8 Å². The van der Waals surface area contributed by atoms with Crippen molar-refractivity contribution >= 4 is 27.7 Å². The Morgan fingerprint density at radius 2 is 1.48 bits per heavy atom. The number of aryl methyl sites for hydroxylation is 1. The zero-order valence-corrected chi connectivity index (χ0v) is 27.4.